The number of aromatic nitrogens is 2. The maximum atomic E-state index is 9.12. The van der Waals surface area contributed by atoms with Crippen LogP contribution in [0.4, 0.5) is 0 Å². The summed E-state index contributed by atoms with van der Waals surface area (Å²) in [7, 11) is 1.50. The van der Waals surface area contributed by atoms with Crippen LogP contribution in [0.2, 0.25) is 0 Å². The molecule has 0 aliphatic rings. The van der Waals surface area contributed by atoms with Crippen molar-refractivity contribution in [2.45, 2.75) is 6.54 Å². The Morgan fingerprint density at radius 1 is 1.73 bits per heavy atom. The third kappa shape index (κ3) is 2.14. The number of hydrogen-bond acceptors (Lipinski definition) is 5. The van der Waals surface area contributed by atoms with Crippen molar-refractivity contribution >= 4 is 0 Å². The summed E-state index contributed by atoms with van der Waals surface area (Å²) < 4.78 is 0. The Kier molecular flexibility index (Phi) is 2.76. The lowest BCUT2D eigenvalue weighted by Crippen LogP contribution is -2.12. The van der Waals surface area contributed by atoms with Gasteiger partial charge in [-0.05, 0) is 0 Å². The zero-order valence-electron chi connectivity index (χ0n) is 6.11. The maximum absolute atomic E-state index is 9.12. The van der Waals surface area contributed by atoms with E-state index in [9.17, 15) is 0 Å². The lowest BCUT2D eigenvalue weighted by atomic mass is 10.4. The summed E-state index contributed by atoms with van der Waals surface area (Å²) >= 11 is 0. The van der Waals surface area contributed by atoms with Crippen molar-refractivity contribution in [1.82, 2.24) is 15.4 Å². The van der Waals surface area contributed by atoms with E-state index in [-0.39, 0.29) is 5.75 Å². The predicted molar refractivity (Wildman–Crippen MR) is 37.5 cm³/mol. The molecule has 2 N–H and O–H groups in total. The first-order valence-corrected chi connectivity index (χ1v) is 3.08. The van der Waals surface area contributed by atoms with Crippen LogP contribution >= 0.6 is 0 Å². The Hall–Kier alpha value is -1.20. The first kappa shape index (κ1) is 7.90. The van der Waals surface area contributed by atoms with E-state index in [0.717, 1.165) is 0 Å². The average molecular weight is 155 g/mol. The van der Waals surface area contributed by atoms with E-state index in [1.165, 1.54) is 19.6 Å². The molecule has 0 bridgehead atoms. The van der Waals surface area contributed by atoms with Crippen molar-refractivity contribution in [1.29, 1.82) is 0 Å². The standard InChI is InChI=1S/C6H9N3O2/c1-11-9-2-5-6(10)3-7-4-8-5/h3-4,9-10H,2H2,1H3. The van der Waals surface area contributed by atoms with Gasteiger partial charge >= 0.3 is 0 Å². The first-order valence-electron chi connectivity index (χ1n) is 3.08. The fourth-order valence-corrected chi connectivity index (χ4v) is 0.624. The van der Waals surface area contributed by atoms with Crippen LogP contribution in [-0.2, 0) is 11.4 Å². The normalized spacial score (nSPS) is 9.91. The van der Waals surface area contributed by atoms with Crippen LogP contribution in [0.1, 0.15) is 5.69 Å². The molecule has 0 fully saturated rings. The molecule has 0 radical (unpaired) electrons. The highest BCUT2D eigenvalue weighted by Gasteiger charge is 1.99. The molecule has 1 aromatic rings. The van der Waals surface area contributed by atoms with Crippen LogP contribution in [-0.4, -0.2) is 22.2 Å². The van der Waals surface area contributed by atoms with E-state index in [4.69, 9.17) is 5.11 Å². The molecule has 5 heteroatoms. The van der Waals surface area contributed by atoms with E-state index in [1.807, 2.05) is 0 Å². The number of aromatic hydroxyl groups is 1. The zero-order chi connectivity index (χ0) is 8.10. The lowest BCUT2D eigenvalue weighted by molar-refractivity contribution is 0.0851. The van der Waals surface area contributed by atoms with Crippen LogP contribution < -0.4 is 5.48 Å². The van der Waals surface area contributed by atoms with E-state index in [2.05, 4.69) is 20.3 Å². The van der Waals surface area contributed by atoms with Crippen LogP contribution in [0.25, 0.3) is 0 Å². The third-order valence-electron chi connectivity index (χ3n) is 1.16. The first-order chi connectivity index (χ1) is 5.34. The second-order valence-electron chi connectivity index (χ2n) is 1.88. The number of nitrogens with one attached hydrogen (secondary N) is 1. The maximum Gasteiger partial charge on any atom is 0.156 e. The van der Waals surface area contributed by atoms with E-state index in [1.54, 1.807) is 0 Å². The van der Waals surface area contributed by atoms with Crippen LogP contribution in [0.3, 0.4) is 0 Å². The summed E-state index contributed by atoms with van der Waals surface area (Å²) in [5.41, 5.74) is 3.07. The molecule has 0 spiro atoms. The summed E-state index contributed by atoms with van der Waals surface area (Å²) in [6, 6.07) is 0. The molecular weight excluding hydrogens is 146 g/mol. The van der Waals surface area contributed by atoms with Gasteiger partial charge in [-0.1, -0.05) is 0 Å². The molecule has 0 aromatic carbocycles. The SMILES string of the molecule is CONCc1ncncc1O. The molecule has 0 amide bonds. The summed E-state index contributed by atoms with van der Waals surface area (Å²) in [6.07, 6.45) is 2.70. The van der Waals surface area contributed by atoms with Crippen LogP contribution in [0, 0.1) is 0 Å². The average Bonchev–Trinajstić information content (AvgIpc) is 2.03. The van der Waals surface area contributed by atoms with Gasteiger partial charge in [0.05, 0.1) is 19.9 Å². The van der Waals surface area contributed by atoms with Crippen molar-refractivity contribution in [2.24, 2.45) is 0 Å². The minimum atomic E-state index is 0.0667. The predicted octanol–water partition coefficient (Wildman–Crippen LogP) is -0.167. The number of rotatable bonds is 3. The van der Waals surface area contributed by atoms with Gasteiger partial charge in [0.1, 0.15) is 12.0 Å². The van der Waals surface area contributed by atoms with Gasteiger partial charge in [0.15, 0.2) is 5.75 Å². The van der Waals surface area contributed by atoms with Gasteiger partial charge in [0, 0.05) is 0 Å². The molecule has 0 aliphatic heterocycles. The van der Waals surface area contributed by atoms with E-state index in [0.29, 0.717) is 12.2 Å². The Balaban J connectivity index is 2.62. The second kappa shape index (κ2) is 3.85. The molecule has 1 heterocycles. The highest BCUT2D eigenvalue weighted by molar-refractivity contribution is 5.20. The quantitative estimate of drug-likeness (QED) is 0.593. The van der Waals surface area contributed by atoms with Gasteiger partial charge < -0.3 is 9.94 Å². The van der Waals surface area contributed by atoms with E-state index < -0.39 is 0 Å². The highest BCUT2D eigenvalue weighted by Crippen LogP contribution is 2.09. The Labute approximate surface area is 64.0 Å². The Morgan fingerprint density at radius 2 is 2.55 bits per heavy atom. The molecule has 1 rings (SSSR count). The number of hydrogen-bond donors (Lipinski definition) is 2. The van der Waals surface area contributed by atoms with Crippen molar-refractivity contribution < 1.29 is 9.94 Å². The minimum Gasteiger partial charge on any atom is -0.504 e. The molecule has 5 nitrogen and oxygen atoms in total. The lowest BCUT2D eigenvalue weighted by Gasteiger charge is -2.01. The number of hydroxylamine groups is 1. The minimum absolute atomic E-state index is 0.0667. The van der Waals surface area contributed by atoms with Gasteiger partial charge in [-0.15, -0.1) is 0 Å². The van der Waals surface area contributed by atoms with Gasteiger partial charge in [-0.2, -0.15) is 5.48 Å². The molecule has 1 aromatic heterocycles. The van der Waals surface area contributed by atoms with Crippen LogP contribution in [0.5, 0.6) is 5.75 Å². The third-order valence-corrected chi connectivity index (χ3v) is 1.16. The van der Waals surface area contributed by atoms with Crippen molar-refractivity contribution in [3.63, 3.8) is 0 Å². The van der Waals surface area contributed by atoms with Gasteiger partial charge in [0.2, 0.25) is 0 Å². The monoisotopic (exact) mass is 155 g/mol. The van der Waals surface area contributed by atoms with Crippen LogP contribution in [0.15, 0.2) is 12.5 Å². The topological polar surface area (TPSA) is 67.3 Å². The zero-order valence-corrected chi connectivity index (χ0v) is 6.11. The molecule has 0 unspecified atom stereocenters. The highest BCUT2D eigenvalue weighted by atomic mass is 16.6. The van der Waals surface area contributed by atoms with Crippen molar-refractivity contribution in [2.75, 3.05) is 7.11 Å². The largest absolute Gasteiger partial charge is 0.504 e. The van der Waals surface area contributed by atoms with Crippen molar-refractivity contribution in [3.8, 4) is 5.75 Å². The fourth-order valence-electron chi connectivity index (χ4n) is 0.624. The smallest absolute Gasteiger partial charge is 0.156 e. The van der Waals surface area contributed by atoms with Crippen molar-refractivity contribution in [3.05, 3.63) is 18.2 Å². The Morgan fingerprint density at radius 3 is 3.18 bits per heavy atom. The molecule has 0 saturated heterocycles. The van der Waals surface area contributed by atoms with Gasteiger partial charge in [-0.25, -0.2) is 9.97 Å². The van der Waals surface area contributed by atoms with Gasteiger partial charge in [0.25, 0.3) is 0 Å². The molecule has 11 heavy (non-hydrogen) atoms. The second-order valence-corrected chi connectivity index (χ2v) is 1.88. The molecule has 0 atom stereocenters. The molecular formula is C6H9N3O2. The van der Waals surface area contributed by atoms with E-state index >= 15 is 0 Å². The molecule has 0 saturated carbocycles. The molecule has 60 valence electrons. The Bertz CT molecular complexity index is 229. The summed E-state index contributed by atoms with van der Waals surface area (Å²) in [5.74, 6) is 0.0667. The summed E-state index contributed by atoms with van der Waals surface area (Å²) in [5, 5.41) is 9.12. The summed E-state index contributed by atoms with van der Waals surface area (Å²) in [4.78, 5) is 12.0. The van der Waals surface area contributed by atoms with Gasteiger partial charge in [-0.3, -0.25) is 0 Å². The molecule has 0 aliphatic carbocycles. The fraction of sp³-hybridized carbons (Fsp3) is 0.333. The summed E-state index contributed by atoms with van der Waals surface area (Å²) in [6.45, 7) is 0.366. The number of nitrogens with zero attached hydrogens (tertiary/aromatic N) is 2.